The lowest BCUT2D eigenvalue weighted by molar-refractivity contribution is 0.216. The zero-order valence-electron chi connectivity index (χ0n) is 24.2. The van der Waals surface area contributed by atoms with Crippen LogP contribution in [0.4, 0.5) is 0 Å². The van der Waals surface area contributed by atoms with Crippen LogP contribution in [0, 0.1) is 0 Å². The summed E-state index contributed by atoms with van der Waals surface area (Å²) in [5, 5.41) is 13.7. The Bertz CT molecular complexity index is 1870. The maximum absolute atomic E-state index is 11.6. The smallest absolute Gasteiger partial charge is 0.123 e. The van der Waals surface area contributed by atoms with Crippen LogP contribution in [-0.2, 0) is 12.1 Å². The highest BCUT2D eigenvalue weighted by molar-refractivity contribution is 5.84. The Morgan fingerprint density at radius 1 is 0.614 bits per heavy atom. The summed E-state index contributed by atoms with van der Waals surface area (Å²) >= 11 is 0. The highest BCUT2D eigenvalue weighted by Crippen LogP contribution is 2.41. The number of hydrogen-bond donors (Lipinski definition) is 1. The summed E-state index contributed by atoms with van der Waals surface area (Å²) in [6.45, 7) is 0.516. The Kier molecular flexibility index (Phi) is 7.49. The zero-order chi connectivity index (χ0) is 29.8. The van der Waals surface area contributed by atoms with Gasteiger partial charge in [0.15, 0.2) is 0 Å². The highest BCUT2D eigenvalue weighted by atomic mass is 16.5. The van der Waals surface area contributed by atoms with Gasteiger partial charge < -0.3 is 14.4 Å². The van der Waals surface area contributed by atoms with Crippen molar-refractivity contribution in [2.75, 3.05) is 0 Å². The Morgan fingerprint density at radius 2 is 1.14 bits per heavy atom. The third-order valence-corrected chi connectivity index (χ3v) is 8.24. The first-order valence-electron chi connectivity index (χ1n) is 14.8. The van der Waals surface area contributed by atoms with Gasteiger partial charge in [-0.1, -0.05) is 140 Å². The van der Waals surface area contributed by atoms with Crippen molar-refractivity contribution >= 4 is 10.8 Å². The van der Waals surface area contributed by atoms with Gasteiger partial charge in [-0.05, 0) is 56.8 Å². The number of benzene rings is 6. The van der Waals surface area contributed by atoms with Crippen molar-refractivity contribution in [3.05, 3.63) is 204 Å². The van der Waals surface area contributed by atoms with Crippen molar-refractivity contribution < 1.29 is 9.84 Å². The van der Waals surface area contributed by atoms with E-state index in [1.165, 1.54) is 0 Å². The lowest BCUT2D eigenvalue weighted by atomic mass is 9.77. The molecule has 4 nitrogen and oxygen atoms in total. The molecule has 6 aromatic carbocycles. The molecule has 0 saturated heterocycles. The van der Waals surface area contributed by atoms with Crippen LogP contribution in [0.1, 0.15) is 39.6 Å². The van der Waals surface area contributed by atoms with E-state index in [1.54, 1.807) is 0 Å². The van der Waals surface area contributed by atoms with Gasteiger partial charge in [-0.15, -0.1) is 0 Å². The first-order valence-corrected chi connectivity index (χ1v) is 14.8. The second kappa shape index (κ2) is 12.0. The minimum atomic E-state index is -0.894. The molecule has 7 rings (SSSR count). The Labute approximate surface area is 257 Å². The van der Waals surface area contributed by atoms with E-state index in [4.69, 9.17) is 9.72 Å². The van der Waals surface area contributed by atoms with Gasteiger partial charge in [0, 0.05) is 6.20 Å². The monoisotopic (exact) mass is 572 g/mol. The number of aliphatic hydroxyl groups is 1. The van der Waals surface area contributed by atoms with E-state index in [2.05, 4.69) is 89.5 Å². The number of imidazole rings is 1. The molecule has 1 aromatic heterocycles. The molecule has 44 heavy (non-hydrogen) atoms. The average Bonchev–Trinajstić information content (AvgIpc) is 3.59. The summed E-state index contributed by atoms with van der Waals surface area (Å²) < 4.78 is 8.16. The molecule has 0 amide bonds. The summed E-state index contributed by atoms with van der Waals surface area (Å²) in [5.74, 6) is 0.812. The molecular formula is C40H32N2O2. The van der Waals surface area contributed by atoms with E-state index in [-0.39, 0.29) is 0 Å². The van der Waals surface area contributed by atoms with E-state index >= 15 is 0 Å². The lowest BCUT2D eigenvalue weighted by Crippen LogP contribution is -2.37. The van der Waals surface area contributed by atoms with Crippen LogP contribution in [-0.4, -0.2) is 14.7 Å². The lowest BCUT2D eigenvalue weighted by Gasteiger charge is -2.37. The molecule has 214 valence electrons. The number of hydrogen-bond acceptors (Lipinski definition) is 3. The normalized spacial score (nSPS) is 12.2. The number of fused-ring (bicyclic) bond motifs is 1. The third kappa shape index (κ3) is 5.17. The van der Waals surface area contributed by atoms with Crippen molar-refractivity contribution in [1.82, 2.24) is 9.55 Å². The van der Waals surface area contributed by atoms with E-state index in [9.17, 15) is 5.11 Å². The number of ether oxygens (including phenoxy) is 1. The average molecular weight is 573 g/mol. The molecule has 1 atom stereocenters. The zero-order valence-corrected chi connectivity index (χ0v) is 24.2. The summed E-state index contributed by atoms with van der Waals surface area (Å²) in [7, 11) is 0. The first-order chi connectivity index (χ1) is 21.7. The minimum Gasteiger partial charge on any atom is -0.489 e. The molecule has 0 radical (unpaired) electrons. The van der Waals surface area contributed by atoms with Crippen molar-refractivity contribution in [2.45, 2.75) is 18.2 Å². The van der Waals surface area contributed by atoms with Gasteiger partial charge in [0.05, 0.1) is 12.0 Å². The SMILES string of the molecule is OC(c1ccc2cc(OCc3ccccc3)ccc2c1)c1cn(C(c2ccccc2)(c2ccccc2)c2ccccc2)cn1. The number of aromatic nitrogens is 2. The fourth-order valence-corrected chi connectivity index (χ4v) is 6.06. The molecule has 1 unspecified atom stereocenters. The van der Waals surface area contributed by atoms with Gasteiger partial charge in [0.2, 0.25) is 0 Å². The van der Waals surface area contributed by atoms with Gasteiger partial charge in [-0.3, -0.25) is 0 Å². The molecule has 0 fully saturated rings. The Hall–Kier alpha value is -5.45. The topological polar surface area (TPSA) is 47.3 Å². The standard InChI is InChI=1S/C40H32N2O2/c43-39(33-22-21-32-26-37(24-23-31(32)25-33)44-28-30-13-5-1-6-14-30)38-27-42(29-41-38)40(34-15-7-2-8-16-34,35-17-9-3-10-18-35)36-19-11-4-12-20-36/h1-27,29,39,43H,28H2. The fraction of sp³-hybridized carbons (Fsp3) is 0.0750. The third-order valence-electron chi connectivity index (χ3n) is 8.24. The molecule has 0 aliphatic rings. The molecule has 4 heteroatoms. The summed E-state index contributed by atoms with van der Waals surface area (Å²) in [5.41, 5.74) is 5.12. The molecule has 0 aliphatic carbocycles. The van der Waals surface area contributed by atoms with Crippen molar-refractivity contribution in [2.24, 2.45) is 0 Å². The van der Waals surface area contributed by atoms with E-state index in [1.807, 2.05) is 85.3 Å². The number of nitrogens with zero attached hydrogens (tertiary/aromatic N) is 2. The van der Waals surface area contributed by atoms with Crippen LogP contribution in [0.15, 0.2) is 170 Å². The maximum Gasteiger partial charge on any atom is 0.123 e. The molecule has 0 spiro atoms. The van der Waals surface area contributed by atoms with E-state index in [0.717, 1.165) is 44.3 Å². The molecular weight excluding hydrogens is 540 g/mol. The van der Waals surface area contributed by atoms with E-state index < -0.39 is 11.6 Å². The van der Waals surface area contributed by atoms with Crippen LogP contribution >= 0.6 is 0 Å². The predicted molar refractivity (Wildman–Crippen MR) is 176 cm³/mol. The first kappa shape index (κ1) is 27.4. The van der Waals surface area contributed by atoms with Gasteiger partial charge in [0.25, 0.3) is 0 Å². The van der Waals surface area contributed by atoms with Crippen LogP contribution < -0.4 is 4.74 Å². The Balaban J connectivity index is 1.24. The van der Waals surface area contributed by atoms with Gasteiger partial charge >= 0.3 is 0 Å². The fourth-order valence-electron chi connectivity index (χ4n) is 6.06. The maximum atomic E-state index is 11.6. The van der Waals surface area contributed by atoms with Crippen molar-refractivity contribution in [3.63, 3.8) is 0 Å². The summed E-state index contributed by atoms with van der Waals surface area (Å²) in [6.07, 6.45) is 2.92. The van der Waals surface area contributed by atoms with Crippen molar-refractivity contribution in [3.8, 4) is 5.75 Å². The van der Waals surface area contributed by atoms with Gasteiger partial charge in [-0.2, -0.15) is 0 Å². The molecule has 1 heterocycles. The molecule has 0 bridgehead atoms. The van der Waals surface area contributed by atoms with Crippen LogP contribution in [0.5, 0.6) is 5.75 Å². The number of rotatable bonds is 9. The molecule has 1 N–H and O–H groups in total. The summed E-state index contributed by atoms with van der Waals surface area (Å²) in [6, 6.07) is 53.6. The Morgan fingerprint density at radius 3 is 1.73 bits per heavy atom. The summed E-state index contributed by atoms with van der Waals surface area (Å²) in [4.78, 5) is 4.78. The second-order valence-corrected chi connectivity index (χ2v) is 11.0. The quantitative estimate of drug-likeness (QED) is 0.176. The second-order valence-electron chi connectivity index (χ2n) is 11.0. The minimum absolute atomic E-state index is 0.516. The van der Waals surface area contributed by atoms with Crippen molar-refractivity contribution in [1.29, 1.82) is 0 Å². The van der Waals surface area contributed by atoms with Gasteiger partial charge in [0.1, 0.15) is 24.0 Å². The van der Waals surface area contributed by atoms with Crippen LogP contribution in [0.25, 0.3) is 10.8 Å². The molecule has 0 saturated carbocycles. The van der Waals surface area contributed by atoms with E-state index in [0.29, 0.717) is 12.3 Å². The van der Waals surface area contributed by atoms with Crippen LogP contribution in [0.3, 0.4) is 0 Å². The largest absolute Gasteiger partial charge is 0.489 e. The van der Waals surface area contributed by atoms with Crippen LogP contribution in [0.2, 0.25) is 0 Å². The predicted octanol–water partition coefficient (Wildman–Crippen LogP) is 8.54. The highest BCUT2D eigenvalue weighted by Gasteiger charge is 2.38. The van der Waals surface area contributed by atoms with Gasteiger partial charge in [-0.25, -0.2) is 4.98 Å². The molecule has 0 aliphatic heterocycles. The molecule has 7 aromatic rings. The number of aliphatic hydroxyl groups excluding tert-OH is 1.